The van der Waals surface area contributed by atoms with Gasteiger partial charge in [-0.15, -0.1) is 0 Å². The van der Waals surface area contributed by atoms with Crippen LogP contribution in [0.2, 0.25) is 0 Å². The molecule has 0 aromatic rings. The number of nitrogens with one attached hydrogen (secondary N) is 2. The van der Waals surface area contributed by atoms with E-state index >= 15 is 0 Å². The molecule has 0 unspecified atom stereocenters. The van der Waals surface area contributed by atoms with Crippen LogP contribution in [0.1, 0.15) is 34.6 Å². The van der Waals surface area contributed by atoms with E-state index in [2.05, 4.69) is 10.6 Å². The number of carboxylic acid groups (broad SMARTS) is 1. The molecule has 0 heterocycles. The van der Waals surface area contributed by atoms with E-state index in [9.17, 15) is 18.0 Å². The molecule has 0 spiro atoms. The predicted molar refractivity (Wildman–Crippen MR) is 76.4 cm³/mol. The molecule has 0 aliphatic heterocycles. The van der Waals surface area contributed by atoms with Gasteiger partial charge in [0.2, 0.25) is 0 Å². The highest BCUT2D eigenvalue weighted by molar-refractivity contribution is 7.91. The molecule has 2 amide bonds. The summed E-state index contributed by atoms with van der Waals surface area (Å²) in [6.07, 6.45) is 0. The van der Waals surface area contributed by atoms with Gasteiger partial charge in [0.05, 0.1) is 16.7 Å². The summed E-state index contributed by atoms with van der Waals surface area (Å²) >= 11 is 0. The van der Waals surface area contributed by atoms with Crippen molar-refractivity contribution in [3.8, 4) is 0 Å². The van der Waals surface area contributed by atoms with E-state index in [1.165, 1.54) is 20.8 Å². The molecule has 0 saturated carbocycles. The van der Waals surface area contributed by atoms with Gasteiger partial charge in [0.15, 0.2) is 9.84 Å². The highest BCUT2D eigenvalue weighted by Gasteiger charge is 2.44. The van der Waals surface area contributed by atoms with Gasteiger partial charge in [-0.05, 0) is 27.7 Å². The van der Waals surface area contributed by atoms with Crippen LogP contribution in [0.25, 0.3) is 0 Å². The Morgan fingerprint density at radius 1 is 1.15 bits per heavy atom. The first-order chi connectivity index (χ1) is 8.85. The molecule has 118 valence electrons. The van der Waals surface area contributed by atoms with Gasteiger partial charge in [-0.2, -0.15) is 0 Å². The number of carboxylic acids is 1. The van der Waals surface area contributed by atoms with E-state index in [1.54, 1.807) is 13.8 Å². The van der Waals surface area contributed by atoms with Crippen LogP contribution in [-0.4, -0.2) is 49.1 Å². The summed E-state index contributed by atoms with van der Waals surface area (Å²) < 4.78 is 22.5. The van der Waals surface area contributed by atoms with Crippen molar-refractivity contribution < 1.29 is 23.1 Å². The van der Waals surface area contributed by atoms with E-state index in [4.69, 9.17) is 5.11 Å². The van der Waals surface area contributed by atoms with E-state index < -0.39 is 32.8 Å². The van der Waals surface area contributed by atoms with Crippen molar-refractivity contribution >= 4 is 21.8 Å². The fourth-order valence-corrected chi connectivity index (χ4v) is 1.92. The smallest absolute Gasteiger partial charge is 0.315 e. The molecular formula is C12H24N2O5S. The van der Waals surface area contributed by atoms with Gasteiger partial charge in [0, 0.05) is 12.3 Å². The Morgan fingerprint density at radius 3 is 2.05 bits per heavy atom. The van der Waals surface area contributed by atoms with Gasteiger partial charge in [-0.3, -0.25) is 4.79 Å². The molecule has 0 aliphatic rings. The zero-order chi connectivity index (χ0) is 16.2. The van der Waals surface area contributed by atoms with E-state index in [1.807, 2.05) is 0 Å². The minimum Gasteiger partial charge on any atom is -0.481 e. The largest absolute Gasteiger partial charge is 0.481 e. The molecule has 0 aliphatic carbocycles. The Hall–Kier alpha value is -1.31. The number of aliphatic carboxylic acids is 1. The number of amides is 2. The fraction of sp³-hybridized carbons (Fsp3) is 0.833. The second-order valence-corrected chi connectivity index (χ2v) is 8.15. The standard InChI is InChI=1S/C12H24N2O5S/c1-6-20(18,19)8-7-13-10(17)14-12(4,5)11(2,3)9(15)16/h6-8H2,1-5H3,(H,15,16)(H2,13,14,17). The second kappa shape index (κ2) is 6.43. The SMILES string of the molecule is CCS(=O)(=O)CCNC(=O)NC(C)(C)C(C)(C)C(=O)O. The molecule has 7 nitrogen and oxygen atoms in total. The van der Waals surface area contributed by atoms with Crippen molar-refractivity contribution in [2.45, 2.75) is 40.2 Å². The summed E-state index contributed by atoms with van der Waals surface area (Å²) in [4.78, 5) is 22.9. The molecule has 8 heteroatoms. The van der Waals surface area contributed by atoms with Crippen LogP contribution in [0, 0.1) is 5.41 Å². The lowest BCUT2D eigenvalue weighted by Gasteiger charge is -2.38. The summed E-state index contributed by atoms with van der Waals surface area (Å²) in [6, 6.07) is -0.587. The zero-order valence-electron chi connectivity index (χ0n) is 12.6. The minimum absolute atomic E-state index is 0.00835. The molecule has 0 bridgehead atoms. The van der Waals surface area contributed by atoms with Gasteiger partial charge >= 0.3 is 12.0 Å². The van der Waals surface area contributed by atoms with Crippen LogP contribution < -0.4 is 10.6 Å². The predicted octanol–water partition coefficient (Wildman–Crippen LogP) is 0.610. The lowest BCUT2D eigenvalue weighted by molar-refractivity contribution is -0.150. The number of rotatable bonds is 7. The van der Waals surface area contributed by atoms with Crippen LogP contribution >= 0.6 is 0 Å². The average molecular weight is 308 g/mol. The zero-order valence-corrected chi connectivity index (χ0v) is 13.4. The molecule has 3 N–H and O–H groups in total. The molecule has 0 aromatic carbocycles. The number of hydrogen-bond acceptors (Lipinski definition) is 4. The van der Waals surface area contributed by atoms with Crippen LogP contribution in [0.15, 0.2) is 0 Å². The van der Waals surface area contributed by atoms with Crippen LogP contribution in [0.3, 0.4) is 0 Å². The Balaban J connectivity index is 4.51. The van der Waals surface area contributed by atoms with Crippen molar-refractivity contribution in [1.82, 2.24) is 10.6 Å². The van der Waals surface area contributed by atoms with Crippen molar-refractivity contribution in [2.24, 2.45) is 5.41 Å². The lowest BCUT2D eigenvalue weighted by atomic mass is 9.74. The number of sulfone groups is 1. The quantitative estimate of drug-likeness (QED) is 0.638. The van der Waals surface area contributed by atoms with Crippen LogP contribution in [0.5, 0.6) is 0 Å². The molecule has 0 saturated heterocycles. The van der Waals surface area contributed by atoms with Crippen molar-refractivity contribution in [3.63, 3.8) is 0 Å². The maximum absolute atomic E-state index is 11.7. The number of carbonyl (C=O) groups is 2. The topological polar surface area (TPSA) is 113 Å². The average Bonchev–Trinajstić information content (AvgIpc) is 2.27. The van der Waals surface area contributed by atoms with Gasteiger partial charge in [-0.25, -0.2) is 13.2 Å². The third-order valence-electron chi connectivity index (χ3n) is 3.66. The molecule has 0 fully saturated rings. The Kier molecular flexibility index (Phi) is 6.01. The maximum Gasteiger partial charge on any atom is 0.315 e. The molecule has 0 aromatic heterocycles. The van der Waals surface area contributed by atoms with Gasteiger partial charge in [0.1, 0.15) is 0 Å². The maximum atomic E-state index is 11.7. The summed E-state index contributed by atoms with van der Waals surface area (Å²) in [5.74, 6) is -1.15. The van der Waals surface area contributed by atoms with E-state index in [-0.39, 0.29) is 18.1 Å². The Morgan fingerprint density at radius 2 is 1.65 bits per heavy atom. The summed E-state index contributed by atoms with van der Waals surface area (Å²) in [7, 11) is -3.14. The molecule has 0 atom stereocenters. The third-order valence-corrected chi connectivity index (χ3v) is 5.37. The van der Waals surface area contributed by atoms with E-state index in [0.717, 1.165) is 0 Å². The third kappa shape index (κ3) is 4.99. The molecular weight excluding hydrogens is 284 g/mol. The summed E-state index contributed by atoms with van der Waals surface area (Å²) in [5, 5.41) is 14.1. The summed E-state index contributed by atoms with van der Waals surface area (Å²) in [5.41, 5.74) is -2.16. The highest BCUT2D eigenvalue weighted by atomic mass is 32.2. The first-order valence-corrected chi connectivity index (χ1v) is 8.17. The monoisotopic (exact) mass is 308 g/mol. The van der Waals surface area contributed by atoms with Crippen molar-refractivity contribution in [3.05, 3.63) is 0 Å². The van der Waals surface area contributed by atoms with Crippen LogP contribution in [-0.2, 0) is 14.6 Å². The number of hydrogen-bond donors (Lipinski definition) is 3. The molecule has 20 heavy (non-hydrogen) atoms. The normalized spacial score (nSPS) is 12.8. The Labute approximate surface area is 120 Å². The number of carbonyl (C=O) groups excluding carboxylic acids is 1. The van der Waals surface area contributed by atoms with Crippen molar-refractivity contribution in [1.29, 1.82) is 0 Å². The van der Waals surface area contributed by atoms with Gasteiger partial charge < -0.3 is 15.7 Å². The lowest BCUT2D eigenvalue weighted by Crippen LogP contribution is -2.59. The molecule has 0 rings (SSSR count). The Bertz CT molecular complexity index is 468. The minimum atomic E-state index is -3.14. The molecule has 0 radical (unpaired) electrons. The van der Waals surface area contributed by atoms with Crippen LogP contribution in [0.4, 0.5) is 4.79 Å². The van der Waals surface area contributed by atoms with Crippen molar-refractivity contribution in [2.75, 3.05) is 18.1 Å². The van der Waals surface area contributed by atoms with Gasteiger partial charge in [0.25, 0.3) is 0 Å². The first-order valence-electron chi connectivity index (χ1n) is 6.35. The second-order valence-electron chi connectivity index (χ2n) is 5.67. The number of urea groups is 1. The first kappa shape index (κ1) is 18.7. The van der Waals surface area contributed by atoms with E-state index in [0.29, 0.717) is 0 Å². The fourth-order valence-electron chi connectivity index (χ4n) is 1.22. The summed E-state index contributed by atoms with van der Waals surface area (Å²) in [6.45, 7) is 7.75. The van der Waals surface area contributed by atoms with Gasteiger partial charge in [-0.1, -0.05) is 6.92 Å². The highest BCUT2D eigenvalue weighted by Crippen LogP contribution is 2.30.